The first-order chi connectivity index (χ1) is 11.1. The Morgan fingerprint density at radius 1 is 1.35 bits per heavy atom. The summed E-state index contributed by atoms with van der Waals surface area (Å²) in [5, 5.41) is 4.69. The number of furan rings is 2. The third-order valence-corrected chi connectivity index (χ3v) is 4.15. The first-order valence-electron chi connectivity index (χ1n) is 6.55. The molecule has 5 nitrogen and oxygen atoms in total. The van der Waals surface area contributed by atoms with Crippen molar-refractivity contribution in [2.45, 2.75) is 0 Å². The van der Waals surface area contributed by atoms with Crippen molar-refractivity contribution < 1.29 is 13.6 Å². The van der Waals surface area contributed by atoms with Crippen molar-refractivity contribution in [2.75, 3.05) is 0 Å². The van der Waals surface area contributed by atoms with Crippen molar-refractivity contribution in [1.29, 1.82) is 0 Å². The van der Waals surface area contributed by atoms with Gasteiger partial charge in [-0.3, -0.25) is 4.79 Å². The van der Waals surface area contributed by atoms with E-state index in [-0.39, 0.29) is 5.76 Å². The smallest absolute Gasteiger partial charge is 0.307 e. The zero-order valence-electron chi connectivity index (χ0n) is 11.6. The maximum atomic E-state index is 12.0. The lowest BCUT2D eigenvalue weighted by molar-refractivity contribution is 0.0929. The van der Waals surface area contributed by atoms with E-state index in [0.29, 0.717) is 11.3 Å². The van der Waals surface area contributed by atoms with E-state index < -0.39 is 5.91 Å². The molecule has 0 bridgehead atoms. The molecule has 0 atom stereocenters. The maximum Gasteiger partial charge on any atom is 0.307 e. The van der Waals surface area contributed by atoms with Gasteiger partial charge >= 0.3 is 5.91 Å². The topological polar surface area (TPSA) is 67.7 Å². The van der Waals surface area contributed by atoms with Crippen LogP contribution in [-0.2, 0) is 0 Å². The quantitative estimate of drug-likeness (QED) is 0.328. The summed E-state index contributed by atoms with van der Waals surface area (Å²) in [6.07, 6.45) is 6.44. The Bertz CT molecular complexity index is 898. The van der Waals surface area contributed by atoms with Crippen LogP contribution in [-0.4, -0.2) is 12.1 Å². The van der Waals surface area contributed by atoms with Crippen LogP contribution >= 0.6 is 38.5 Å². The van der Waals surface area contributed by atoms with E-state index in [1.54, 1.807) is 30.5 Å². The average molecular weight is 485 g/mol. The van der Waals surface area contributed by atoms with E-state index in [1.165, 1.54) is 6.21 Å². The summed E-state index contributed by atoms with van der Waals surface area (Å²) >= 11 is 5.58. The molecule has 3 aromatic rings. The standard InChI is InChI=1S/C16H10BrIN2O3/c17-11-7-10-8-14(23-15(10)13(18)9-11)16(21)20-19-5-1-3-12-4-2-6-22-12/h1-9H,(H,20,21)/b3-1+,19-5-. The molecule has 23 heavy (non-hydrogen) atoms. The van der Waals surface area contributed by atoms with Gasteiger partial charge in [0.2, 0.25) is 0 Å². The van der Waals surface area contributed by atoms with Crippen molar-refractivity contribution in [3.8, 4) is 0 Å². The Labute approximate surface area is 153 Å². The lowest BCUT2D eigenvalue weighted by Gasteiger charge is -1.94. The van der Waals surface area contributed by atoms with E-state index in [0.717, 1.165) is 13.4 Å². The minimum Gasteiger partial charge on any atom is -0.465 e. The number of halogens is 2. The monoisotopic (exact) mass is 484 g/mol. The predicted octanol–water partition coefficient (Wildman–Crippen LogP) is 4.82. The number of hydrogen-bond donors (Lipinski definition) is 1. The summed E-state index contributed by atoms with van der Waals surface area (Å²) in [6, 6.07) is 9.11. The number of nitrogens with one attached hydrogen (secondary N) is 1. The fourth-order valence-corrected chi connectivity index (χ4v) is 3.57. The maximum absolute atomic E-state index is 12.0. The Morgan fingerprint density at radius 3 is 3.00 bits per heavy atom. The molecule has 1 aromatic carbocycles. The van der Waals surface area contributed by atoms with Crippen LogP contribution in [0.2, 0.25) is 0 Å². The van der Waals surface area contributed by atoms with Crippen LogP contribution in [0, 0.1) is 3.57 Å². The third kappa shape index (κ3) is 3.91. The minimum atomic E-state index is -0.407. The number of fused-ring (bicyclic) bond motifs is 1. The molecule has 7 heteroatoms. The number of benzene rings is 1. The zero-order chi connectivity index (χ0) is 16.2. The molecular formula is C16H10BrIN2O3. The van der Waals surface area contributed by atoms with E-state index in [1.807, 2.05) is 18.2 Å². The molecule has 0 spiro atoms. The number of nitrogens with zero attached hydrogens (tertiary/aromatic N) is 1. The number of allylic oxidation sites excluding steroid dienone is 1. The predicted molar refractivity (Wildman–Crippen MR) is 100 cm³/mol. The number of rotatable bonds is 4. The number of carbonyl (C=O) groups is 1. The number of amides is 1. The zero-order valence-corrected chi connectivity index (χ0v) is 15.4. The van der Waals surface area contributed by atoms with E-state index in [4.69, 9.17) is 8.83 Å². The highest BCUT2D eigenvalue weighted by molar-refractivity contribution is 14.1. The Hall–Kier alpha value is -1.87. The third-order valence-electron chi connectivity index (χ3n) is 2.89. The normalized spacial score (nSPS) is 11.7. The highest BCUT2D eigenvalue weighted by Crippen LogP contribution is 2.28. The molecule has 2 aromatic heterocycles. The summed E-state index contributed by atoms with van der Waals surface area (Å²) in [7, 11) is 0. The summed E-state index contributed by atoms with van der Waals surface area (Å²) in [6.45, 7) is 0. The molecule has 116 valence electrons. The van der Waals surface area contributed by atoms with Crippen molar-refractivity contribution in [2.24, 2.45) is 5.10 Å². The lowest BCUT2D eigenvalue weighted by Crippen LogP contribution is -2.16. The molecule has 0 unspecified atom stereocenters. The molecule has 0 saturated carbocycles. The SMILES string of the molecule is O=C(N/N=C\C=C\c1ccco1)c1cc2cc(Br)cc(I)c2o1. The van der Waals surface area contributed by atoms with Crippen LogP contribution < -0.4 is 5.43 Å². The van der Waals surface area contributed by atoms with Gasteiger partial charge in [0.25, 0.3) is 0 Å². The highest BCUT2D eigenvalue weighted by Gasteiger charge is 2.13. The van der Waals surface area contributed by atoms with Crippen LogP contribution in [0.3, 0.4) is 0 Å². The van der Waals surface area contributed by atoms with Gasteiger partial charge < -0.3 is 8.83 Å². The lowest BCUT2D eigenvalue weighted by atomic mass is 10.2. The molecule has 0 radical (unpaired) electrons. The largest absolute Gasteiger partial charge is 0.465 e. The first kappa shape index (κ1) is 16.0. The summed E-state index contributed by atoms with van der Waals surface area (Å²) in [5.41, 5.74) is 3.10. The Balaban J connectivity index is 1.67. The summed E-state index contributed by atoms with van der Waals surface area (Å²) in [4.78, 5) is 12.0. The van der Waals surface area contributed by atoms with Gasteiger partial charge in [0.1, 0.15) is 11.3 Å². The molecule has 0 aliphatic rings. The van der Waals surface area contributed by atoms with E-state index >= 15 is 0 Å². The highest BCUT2D eigenvalue weighted by atomic mass is 127. The molecule has 0 aliphatic carbocycles. The summed E-state index contributed by atoms with van der Waals surface area (Å²) < 4.78 is 12.6. The Kier molecular flexibility index (Phi) is 4.97. The van der Waals surface area contributed by atoms with Crippen LogP contribution in [0.1, 0.15) is 16.3 Å². The van der Waals surface area contributed by atoms with Crippen molar-refractivity contribution in [1.82, 2.24) is 5.43 Å². The van der Waals surface area contributed by atoms with Gasteiger partial charge in [-0.25, -0.2) is 5.43 Å². The van der Waals surface area contributed by atoms with Crippen molar-refractivity contribution in [3.05, 3.63) is 62.2 Å². The van der Waals surface area contributed by atoms with E-state index in [9.17, 15) is 4.79 Å². The Morgan fingerprint density at radius 2 is 2.22 bits per heavy atom. The number of hydrazone groups is 1. The molecule has 1 amide bonds. The molecule has 2 heterocycles. The summed E-state index contributed by atoms with van der Waals surface area (Å²) in [5.74, 6) is 0.513. The average Bonchev–Trinajstić information content (AvgIpc) is 3.15. The fourth-order valence-electron chi connectivity index (χ4n) is 1.91. The van der Waals surface area contributed by atoms with Crippen LogP contribution in [0.4, 0.5) is 0 Å². The fraction of sp³-hybridized carbons (Fsp3) is 0. The van der Waals surface area contributed by atoms with Gasteiger partial charge in [-0.1, -0.05) is 15.9 Å². The van der Waals surface area contributed by atoms with Gasteiger partial charge in [0, 0.05) is 16.1 Å². The van der Waals surface area contributed by atoms with E-state index in [2.05, 4.69) is 49.0 Å². The first-order valence-corrected chi connectivity index (χ1v) is 8.43. The molecule has 0 aliphatic heterocycles. The van der Waals surface area contributed by atoms with Crippen molar-refractivity contribution >= 4 is 67.7 Å². The number of carbonyl (C=O) groups excluding carboxylic acids is 1. The second kappa shape index (κ2) is 7.14. The molecular weight excluding hydrogens is 475 g/mol. The van der Waals surface area contributed by atoms with Crippen LogP contribution in [0.15, 0.2) is 61.1 Å². The van der Waals surface area contributed by atoms with Crippen LogP contribution in [0.5, 0.6) is 0 Å². The van der Waals surface area contributed by atoms with Crippen LogP contribution in [0.25, 0.3) is 17.0 Å². The van der Waals surface area contributed by atoms with Gasteiger partial charge in [0.15, 0.2) is 5.76 Å². The van der Waals surface area contributed by atoms with Gasteiger partial charge in [-0.2, -0.15) is 5.10 Å². The van der Waals surface area contributed by atoms with Gasteiger partial charge in [-0.15, -0.1) is 0 Å². The molecule has 0 fully saturated rings. The second-order valence-electron chi connectivity index (χ2n) is 4.51. The van der Waals surface area contributed by atoms with Crippen molar-refractivity contribution in [3.63, 3.8) is 0 Å². The van der Waals surface area contributed by atoms with Gasteiger partial charge in [0.05, 0.1) is 9.83 Å². The second-order valence-corrected chi connectivity index (χ2v) is 6.59. The number of hydrogen-bond acceptors (Lipinski definition) is 4. The van der Waals surface area contributed by atoms with Gasteiger partial charge in [-0.05, 0) is 65.1 Å². The minimum absolute atomic E-state index is 0.211. The molecule has 0 saturated heterocycles. The molecule has 3 rings (SSSR count). The molecule has 1 N–H and O–H groups in total.